The molecule has 2 unspecified atom stereocenters. The predicted octanol–water partition coefficient (Wildman–Crippen LogP) is 2.16. The Morgan fingerprint density at radius 1 is 1.16 bits per heavy atom. The first-order valence-corrected chi connectivity index (χ1v) is 13.6. The maximum Gasteiger partial charge on any atom is 0.255 e. The lowest BCUT2D eigenvalue weighted by Crippen LogP contribution is -2.63. The Morgan fingerprint density at radius 3 is 2.42 bits per heavy atom. The van der Waals surface area contributed by atoms with E-state index >= 15 is 0 Å². The summed E-state index contributed by atoms with van der Waals surface area (Å²) in [5, 5.41) is 43.6. The van der Waals surface area contributed by atoms with E-state index in [1.807, 2.05) is 25.1 Å². The highest BCUT2D eigenvalue weighted by atomic mass is 16.4. The summed E-state index contributed by atoms with van der Waals surface area (Å²) >= 11 is 0. The topological polar surface area (TPSA) is 194 Å². The molecule has 0 fully saturated rings. The molecule has 43 heavy (non-hydrogen) atoms. The zero-order chi connectivity index (χ0) is 31.1. The van der Waals surface area contributed by atoms with Crippen LogP contribution >= 0.6 is 0 Å². The molecule has 4 atom stereocenters. The number of Topliss-reactive ketones (excluding diaryl/α,β-unsaturated/α-hetero) is 2. The maximum atomic E-state index is 14.4. The van der Waals surface area contributed by atoms with Gasteiger partial charge in [-0.3, -0.25) is 19.3 Å². The quantitative estimate of drug-likeness (QED) is 0.329. The Hall–Kier alpha value is -4.99. The van der Waals surface area contributed by atoms with Crippen molar-refractivity contribution in [1.29, 1.82) is 5.26 Å². The molecule has 0 bridgehead atoms. The number of allylic oxidation sites excluding steroid dienone is 1. The summed E-state index contributed by atoms with van der Waals surface area (Å²) in [6.45, 7) is 0. The number of nitriles is 1. The molecule has 5 N–H and O–H groups in total. The van der Waals surface area contributed by atoms with Gasteiger partial charge in [-0.1, -0.05) is 0 Å². The van der Waals surface area contributed by atoms with Gasteiger partial charge in [-0.2, -0.15) is 5.26 Å². The number of aromatic nitrogens is 1. The lowest BCUT2D eigenvalue weighted by atomic mass is 9.58. The molecule has 3 aliphatic rings. The molecule has 2 aromatic carbocycles. The van der Waals surface area contributed by atoms with Crippen molar-refractivity contribution in [3.63, 3.8) is 0 Å². The van der Waals surface area contributed by atoms with E-state index in [4.69, 9.17) is 15.4 Å². The average molecular weight is 584 g/mol. The van der Waals surface area contributed by atoms with Crippen molar-refractivity contribution < 1.29 is 34.1 Å². The number of carbonyl (C=O) groups is 3. The Balaban J connectivity index is 1.57. The number of fused-ring (bicyclic) bond motifs is 5. The van der Waals surface area contributed by atoms with Gasteiger partial charge in [0.2, 0.25) is 11.7 Å². The minimum atomic E-state index is -2.67. The molecule has 0 spiro atoms. The number of amides is 1. The van der Waals surface area contributed by atoms with Gasteiger partial charge >= 0.3 is 0 Å². The number of hydrogen-bond donors (Lipinski definition) is 4. The third kappa shape index (κ3) is 3.82. The molecular weight excluding hydrogens is 554 g/mol. The second-order valence-corrected chi connectivity index (χ2v) is 11.7. The molecule has 0 aliphatic heterocycles. The number of nitrogens with two attached hydrogens (primary N) is 1. The first kappa shape index (κ1) is 28.1. The number of aliphatic hydroxyl groups excluding tert-OH is 2. The SMILES string of the molecule is CN(C)c1cc2nc(-c3ccc(C#N)cc3)oc2c2c1C[C@H]1CC3C(N(C)C)C(O)=C(C(N)=O)C(=O)[C@@]3(O)C(O)=C1C2=O. The van der Waals surface area contributed by atoms with Crippen LogP contribution in [0.15, 0.2) is 57.4 Å². The van der Waals surface area contributed by atoms with E-state index < -0.39 is 58.0 Å². The molecule has 0 saturated heterocycles. The van der Waals surface area contributed by atoms with E-state index in [2.05, 4.69) is 11.1 Å². The Bertz CT molecular complexity index is 1860. The first-order chi connectivity index (χ1) is 20.3. The Labute approximate surface area is 245 Å². The van der Waals surface area contributed by atoms with Crippen LogP contribution in [0.4, 0.5) is 5.69 Å². The minimum absolute atomic E-state index is 0.0452. The highest BCUT2D eigenvalue weighted by Gasteiger charge is 2.63. The number of carbonyl (C=O) groups excluding carboxylic acids is 3. The van der Waals surface area contributed by atoms with Crippen LogP contribution in [-0.4, -0.2) is 82.5 Å². The van der Waals surface area contributed by atoms with Gasteiger partial charge in [0.15, 0.2) is 17.0 Å². The lowest BCUT2D eigenvalue weighted by Gasteiger charge is -2.50. The number of oxazole rings is 1. The predicted molar refractivity (Wildman–Crippen MR) is 154 cm³/mol. The van der Waals surface area contributed by atoms with E-state index in [0.717, 1.165) is 0 Å². The smallest absolute Gasteiger partial charge is 0.255 e. The molecule has 6 rings (SSSR count). The maximum absolute atomic E-state index is 14.4. The van der Waals surface area contributed by atoms with Gasteiger partial charge in [-0.05, 0) is 68.8 Å². The number of anilines is 1. The monoisotopic (exact) mass is 583 g/mol. The molecule has 1 heterocycles. The highest BCUT2D eigenvalue weighted by Crippen LogP contribution is 2.53. The summed E-state index contributed by atoms with van der Waals surface area (Å²) in [4.78, 5) is 48.1. The third-order valence-electron chi connectivity index (χ3n) is 8.82. The molecule has 220 valence electrons. The van der Waals surface area contributed by atoms with Crippen molar-refractivity contribution >= 4 is 34.3 Å². The van der Waals surface area contributed by atoms with Gasteiger partial charge in [0.1, 0.15) is 22.6 Å². The second-order valence-electron chi connectivity index (χ2n) is 11.7. The molecule has 0 saturated carbocycles. The van der Waals surface area contributed by atoms with Gasteiger partial charge in [-0.15, -0.1) is 0 Å². The number of nitrogens with zero attached hydrogens (tertiary/aromatic N) is 4. The zero-order valence-corrected chi connectivity index (χ0v) is 23.9. The number of likely N-dealkylation sites (N-methyl/N-ethyl adjacent to an activating group) is 1. The fourth-order valence-electron chi connectivity index (χ4n) is 6.90. The summed E-state index contributed by atoms with van der Waals surface area (Å²) in [6, 6.07) is 9.44. The standard InChI is InChI=1S/C31H29N5O7/c1-35(2)19-11-18-26(43-30(34-18)14-7-5-13(12-32)6-8-14)21-16(19)9-15-10-17-23(36(3)4)25(38)22(29(33)41)28(40)31(17,42)27(39)20(15)24(21)37/h5-8,11,15,17,23,38-39,42H,9-10H2,1-4H3,(H2,33,41)/t15-,17?,23?,31-/m0/s1. The van der Waals surface area contributed by atoms with Crippen LogP contribution in [0.1, 0.15) is 27.9 Å². The zero-order valence-electron chi connectivity index (χ0n) is 23.9. The molecule has 12 heteroatoms. The minimum Gasteiger partial charge on any atom is -0.510 e. The molecule has 3 aliphatic carbocycles. The van der Waals surface area contributed by atoms with E-state index in [-0.39, 0.29) is 35.5 Å². The summed E-state index contributed by atoms with van der Waals surface area (Å²) in [5.74, 6) is -6.07. The number of hydrogen-bond acceptors (Lipinski definition) is 11. The van der Waals surface area contributed by atoms with Crippen molar-refractivity contribution in [2.45, 2.75) is 24.5 Å². The van der Waals surface area contributed by atoms with Crippen molar-refractivity contribution in [2.75, 3.05) is 33.1 Å². The van der Waals surface area contributed by atoms with Crippen LogP contribution in [-0.2, 0) is 16.0 Å². The van der Waals surface area contributed by atoms with Crippen molar-refractivity contribution in [1.82, 2.24) is 9.88 Å². The van der Waals surface area contributed by atoms with Crippen LogP contribution in [0.3, 0.4) is 0 Å². The van der Waals surface area contributed by atoms with E-state index in [1.165, 1.54) is 4.90 Å². The molecular formula is C31H29N5O7. The fraction of sp³-hybridized carbons (Fsp3) is 0.323. The third-order valence-corrected chi connectivity index (χ3v) is 8.82. The van der Waals surface area contributed by atoms with Crippen LogP contribution in [0.5, 0.6) is 0 Å². The van der Waals surface area contributed by atoms with Crippen LogP contribution in [0.2, 0.25) is 0 Å². The highest BCUT2D eigenvalue weighted by molar-refractivity contribution is 6.25. The van der Waals surface area contributed by atoms with Gasteiger partial charge in [0.25, 0.3) is 5.91 Å². The van der Waals surface area contributed by atoms with Crippen LogP contribution in [0, 0.1) is 23.2 Å². The van der Waals surface area contributed by atoms with Gasteiger partial charge in [0.05, 0.1) is 23.2 Å². The van der Waals surface area contributed by atoms with E-state index in [0.29, 0.717) is 27.9 Å². The second kappa shape index (κ2) is 9.52. The molecule has 1 aromatic heterocycles. The number of aliphatic hydroxyl groups is 3. The van der Waals surface area contributed by atoms with Gasteiger partial charge < -0.3 is 30.4 Å². The number of primary amides is 1. The van der Waals surface area contributed by atoms with Crippen molar-refractivity contribution in [3.8, 4) is 17.5 Å². The average Bonchev–Trinajstić information content (AvgIpc) is 3.38. The number of rotatable bonds is 4. The Morgan fingerprint density at radius 2 is 1.84 bits per heavy atom. The summed E-state index contributed by atoms with van der Waals surface area (Å²) in [6.07, 6.45) is 0.300. The van der Waals surface area contributed by atoms with Gasteiger partial charge in [-0.25, -0.2) is 4.98 Å². The first-order valence-electron chi connectivity index (χ1n) is 13.6. The summed E-state index contributed by atoms with van der Waals surface area (Å²) in [7, 11) is 6.85. The van der Waals surface area contributed by atoms with Gasteiger partial charge in [0, 0.05) is 36.8 Å². The summed E-state index contributed by atoms with van der Waals surface area (Å²) < 4.78 is 6.13. The van der Waals surface area contributed by atoms with E-state index in [9.17, 15) is 29.7 Å². The van der Waals surface area contributed by atoms with Crippen molar-refractivity contribution in [3.05, 3.63) is 69.7 Å². The summed E-state index contributed by atoms with van der Waals surface area (Å²) in [5.41, 5.74) is 4.89. The van der Waals surface area contributed by atoms with E-state index in [1.54, 1.807) is 38.4 Å². The number of benzene rings is 2. The number of ketones is 2. The molecule has 12 nitrogen and oxygen atoms in total. The fourth-order valence-corrected chi connectivity index (χ4v) is 6.90. The van der Waals surface area contributed by atoms with Crippen LogP contribution < -0.4 is 10.6 Å². The van der Waals surface area contributed by atoms with Crippen molar-refractivity contribution in [2.24, 2.45) is 17.6 Å². The molecule has 1 amide bonds. The normalized spacial score (nSPS) is 25.0. The lowest BCUT2D eigenvalue weighted by molar-refractivity contribution is -0.148. The largest absolute Gasteiger partial charge is 0.510 e. The van der Waals surface area contributed by atoms with Crippen LogP contribution in [0.25, 0.3) is 22.6 Å². The molecule has 0 radical (unpaired) electrons. The molecule has 3 aromatic rings. The Kier molecular flexibility index (Phi) is 6.23.